The molecule has 0 atom stereocenters. The van der Waals surface area contributed by atoms with Gasteiger partial charge in [-0.3, -0.25) is 4.79 Å². The van der Waals surface area contributed by atoms with Gasteiger partial charge in [0.15, 0.2) is 5.82 Å². The predicted molar refractivity (Wildman–Crippen MR) is 65.7 cm³/mol. The zero-order valence-corrected chi connectivity index (χ0v) is 10.7. The van der Waals surface area contributed by atoms with E-state index >= 15 is 0 Å². The third-order valence-corrected chi connectivity index (χ3v) is 3.20. The fourth-order valence-corrected chi connectivity index (χ4v) is 2.11. The Hall–Kier alpha value is -1.96. The normalized spacial score (nSPS) is 10.8. The van der Waals surface area contributed by atoms with Crippen molar-refractivity contribution in [3.8, 4) is 11.4 Å². The van der Waals surface area contributed by atoms with Gasteiger partial charge in [0.25, 0.3) is 0 Å². The van der Waals surface area contributed by atoms with E-state index in [4.69, 9.17) is 15.4 Å². The molecule has 2 heterocycles. The third kappa shape index (κ3) is 2.33. The van der Waals surface area contributed by atoms with Crippen molar-refractivity contribution in [1.82, 2.24) is 14.9 Å². The number of hydrogen-bond acceptors (Lipinski definition) is 6. The van der Waals surface area contributed by atoms with Crippen LogP contribution in [0, 0.1) is 13.8 Å². The second kappa shape index (κ2) is 4.73. The number of carbonyl (C=O) groups is 1. The Balaban J connectivity index is 2.30. The van der Waals surface area contributed by atoms with Gasteiger partial charge in [-0.05, 0) is 19.9 Å². The Morgan fingerprint density at radius 1 is 1.56 bits per heavy atom. The lowest BCUT2D eigenvalue weighted by atomic mass is 10.2. The second-order valence-corrected chi connectivity index (χ2v) is 4.63. The van der Waals surface area contributed by atoms with Crippen LogP contribution in [0.3, 0.4) is 0 Å². The molecule has 0 saturated heterocycles. The minimum atomic E-state index is -0.931. The molecule has 7 nitrogen and oxygen atoms in total. The van der Waals surface area contributed by atoms with Crippen molar-refractivity contribution in [2.75, 3.05) is 11.6 Å². The summed E-state index contributed by atoms with van der Waals surface area (Å²) in [5, 5.41) is 16.8. The van der Waals surface area contributed by atoms with E-state index in [0.717, 1.165) is 23.1 Å². The van der Waals surface area contributed by atoms with Gasteiger partial charge in [-0.2, -0.15) is 0 Å². The highest BCUT2D eigenvalue weighted by atomic mass is 32.2. The molecule has 0 amide bonds. The number of furan rings is 1. The SMILES string of the molecule is Cc1cc(-c2nnc(SCC(=O)O)n2N)c(C)o1. The van der Waals surface area contributed by atoms with Crippen LogP contribution in [0.15, 0.2) is 15.6 Å². The molecular formula is C10H12N4O3S. The first-order valence-corrected chi connectivity index (χ1v) is 6.10. The molecule has 2 aromatic rings. The maximum absolute atomic E-state index is 10.5. The van der Waals surface area contributed by atoms with Crippen LogP contribution in [-0.4, -0.2) is 31.7 Å². The van der Waals surface area contributed by atoms with E-state index in [0.29, 0.717) is 16.7 Å². The van der Waals surface area contributed by atoms with Gasteiger partial charge in [0, 0.05) is 0 Å². The van der Waals surface area contributed by atoms with E-state index < -0.39 is 5.97 Å². The van der Waals surface area contributed by atoms with Gasteiger partial charge in [0.05, 0.1) is 11.3 Å². The number of aryl methyl sites for hydroxylation is 2. The number of hydrogen-bond donors (Lipinski definition) is 2. The van der Waals surface area contributed by atoms with Crippen LogP contribution >= 0.6 is 11.8 Å². The summed E-state index contributed by atoms with van der Waals surface area (Å²) < 4.78 is 6.66. The topological polar surface area (TPSA) is 107 Å². The van der Waals surface area contributed by atoms with Crippen molar-refractivity contribution in [3.63, 3.8) is 0 Å². The molecule has 2 aromatic heterocycles. The molecule has 0 spiro atoms. The molecule has 3 N–H and O–H groups in total. The molecule has 8 heteroatoms. The number of rotatable bonds is 4. The molecule has 0 saturated carbocycles. The third-order valence-electron chi connectivity index (χ3n) is 2.27. The number of thioether (sulfide) groups is 1. The van der Waals surface area contributed by atoms with E-state index in [1.807, 2.05) is 13.0 Å². The van der Waals surface area contributed by atoms with Crippen LogP contribution in [0.1, 0.15) is 11.5 Å². The van der Waals surface area contributed by atoms with Crippen molar-refractivity contribution in [2.24, 2.45) is 0 Å². The highest BCUT2D eigenvalue weighted by Gasteiger charge is 2.17. The number of aromatic nitrogens is 3. The van der Waals surface area contributed by atoms with E-state index in [1.54, 1.807) is 6.92 Å². The van der Waals surface area contributed by atoms with Crippen molar-refractivity contribution in [3.05, 3.63) is 17.6 Å². The first-order chi connectivity index (χ1) is 8.49. The smallest absolute Gasteiger partial charge is 0.313 e. The van der Waals surface area contributed by atoms with Crippen LogP contribution in [0.25, 0.3) is 11.4 Å². The van der Waals surface area contributed by atoms with Crippen molar-refractivity contribution in [2.45, 2.75) is 19.0 Å². The second-order valence-electron chi connectivity index (χ2n) is 3.69. The zero-order valence-electron chi connectivity index (χ0n) is 9.88. The quantitative estimate of drug-likeness (QED) is 0.630. The van der Waals surface area contributed by atoms with Crippen LogP contribution in [0.2, 0.25) is 0 Å². The Morgan fingerprint density at radius 3 is 2.83 bits per heavy atom. The Labute approximate surface area is 107 Å². The van der Waals surface area contributed by atoms with Gasteiger partial charge in [0.1, 0.15) is 11.5 Å². The highest BCUT2D eigenvalue weighted by Crippen LogP contribution is 2.26. The zero-order chi connectivity index (χ0) is 13.3. The van der Waals surface area contributed by atoms with E-state index in [9.17, 15) is 4.79 Å². The summed E-state index contributed by atoms with van der Waals surface area (Å²) in [7, 11) is 0. The summed E-state index contributed by atoms with van der Waals surface area (Å²) in [6.45, 7) is 3.63. The minimum Gasteiger partial charge on any atom is -0.481 e. The predicted octanol–water partition coefficient (Wildman–Crippen LogP) is 1.05. The average molecular weight is 268 g/mol. The first kappa shape index (κ1) is 12.5. The molecule has 2 rings (SSSR count). The van der Waals surface area contributed by atoms with Crippen LogP contribution < -0.4 is 5.84 Å². The van der Waals surface area contributed by atoms with Crippen molar-refractivity contribution >= 4 is 17.7 Å². The average Bonchev–Trinajstić information content (AvgIpc) is 2.79. The number of nitrogens with two attached hydrogens (primary N) is 1. The maximum atomic E-state index is 10.5. The summed E-state index contributed by atoms with van der Waals surface area (Å²) in [5.41, 5.74) is 0.754. The molecule has 0 bridgehead atoms. The lowest BCUT2D eigenvalue weighted by Gasteiger charge is -2.01. The van der Waals surface area contributed by atoms with Gasteiger partial charge >= 0.3 is 5.97 Å². The monoisotopic (exact) mass is 268 g/mol. The van der Waals surface area contributed by atoms with Gasteiger partial charge in [-0.1, -0.05) is 11.8 Å². The van der Waals surface area contributed by atoms with Gasteiger partial charge in [-0.25, -0.2) is 4.68 Å². The number of nitrogen functional groups attached to an aromatic ring is 1. The summed E-state index contributed by atoms with van der Waals surface area (Å²) in [6, 6.07) is 1.81. The molecule has 0 fully saturated rings. The molecule has 0 radical (unpaired) electrons. The van der Waals surface area contributed by atoms with Gasteiger partial charge < -0.3 is 15.4 Å². The van der Waals surface area contributed by atoms with Crippen molar-refractivity contribution in [1.29, 1.82) is 0 Å². The first-order valence-electron chi connectivity index (χ1n) is 5.11. The molecule has 0 unspecified atom stereocenters. The maximum Gasteiger partial charge on any atom is 0.313 e. The number of carboxylic acids is 1. The number of carboxylic acid groups (broad SMARTS) is 1. The summed E-state index contributed by atoms with van der Waals surface area (Å²) in [6.07, 6.45) is 0. The van der Waals surface area contributed by atoms with Crippen LogP contribution in [-0.2, 0) is 4.79 Å². The Bertz CT molecular complexity index is 590. The lowest BCUT2D eigenvalue weighted by Crippen LogP contribution is -2.12. The Morgan fingerprint density at radius 2 is 2.28 bits per heavy atom. The molecule has 18 heavy (non-hydrogen) atoms. The summed E-state index contributed by atoms with van der Waals surface area (Å²) >= 11 is 1.02. The number of aliphatic carboxylic acids is 1. The fourth-order valence-electron chi connectivity index (χ4n) is 1.54. The van der Waals surface area contributed by atoms with Gasteiger partial charge in [-0.15, -0.1) is 10.2 Å². The fraction of sp³-hybridized carbons (Fsp3) is 0.300. The molecule has 0 aliphatic carbocycles. The Kier molecular flexibility index (Phi) is 3.28. The number of nitrogens with zero attached hydrogens (tertiary/aromatic N) is 3. The highest BCUT2D eigenvalue weighted by molar-refractivity contribution is 7.99. The molecule has 0 aromatic carbocycles. The molecule has 0 aliphatic rings. The van der Waals surface area contributed by atoms with E-state index in [2.05, 4.69) is 10.2 Å². The molecule has 0 aliphatic heterocycles. The summed E-state index contributed by atoms with van der Waals surface area (Å²) in [4.78, 5) is 10.5. The van der Waals surface area contributed by atoms with E-state index in [1.165, 1.54) is 4.68 Å². The van der Waals surface area contributed by atoms with Crippen LogP contribution in [0.5, 0.6) is 0 Å². The largest absolute Gasteiger partial charge is 0.481 e. The van der Waals surface area contributed by atoms with Crippen molar-refractivity contribution < 1.29 is 14.3 Å². The van der Waals surface area contributed by atoms with E-state index in [-0.39, 0.29) is 5.75 Å². The minimum absolute atomic E-state index is 0.112. The lowest BCUT2D eigenvalue weighted by molar-refractivity contribution is -0.133. The molecule has 96 valence electrons. The summed E-state index contributed by atoms with van der Waals surface area (Å²) in [5.74, 6) is 6.70. The molecular weight excluding hydrogens is 256 g/mol. The standard InChI is InChI=1S/C10H12N4O3S/c1-5-3-7(6(2)17-5)9-12-13-10(14(9)11)18-4-8(15)16/h3H,4,11H2,1-2H3,(H,15,16). The van der Waals surface area contributed by atoms with Gasteiger partial charge in [0.2, 0.25) is 5.16 Å². The van der Waals surface area contributed by atoms with Crippen LogP contribution in [0.4, 0.5) is 0 Å².